The lowest BCUT2D eigenvalue weighted by molar-refractivity contribution is -0.152. The molecule has 1 aliphatic rings. The number of hydrogen-bond donors (Lipinski definition) is 0. The van der Waals surface area contributed by atoms with Gasteiger partial charge in [-0.25, -0.2) is 9.67 Å². The Hall–Kier alpha value is -1.72. The van der Waals surface area contributed by atoms with Gasteiger partial charge in [0.2, 0.25) is 0 Å². The van der Waals surface area contributed by atoms with E-state index in [1.807, 2.05) is 6.92 Å². The van der Waals surface area contributed by atoms with Crippen LogP contribution in [0.25, 0.3) is 0 Å². The molecule has 2 heterocycles. The third kappa shape index (κ3) is 1.28. The van der Waals surface area contributed by atoms with Crippen molar-refractivity contribution in [3.63, 3.8) is 0 Å². The normalized spacial score (nSPS) is 21.4. The van der Waals surface area contributed by atoms with Gasteiger partial charge < -0.3 is 4.74 Å². The van der Waals surface area contributed by atoms with E-state index >= 15 is 0 Å². The Kier molecular flexibility index (Phi) is 2.03. The maximum absolute atomic E-state index is 11.2. The summed E-state index contributed by atoms with van der Waals surface area (Å²) in [5, 5.41) is 3.93. The number of aryl methyl sites for hydroxylation is 1. The molecule has 14 heavy (non-hydrogen) atoms. The Bertz CT molecular complexity index is 385. The highest BCUT2D eigenvalue weighted by molar-refractivity contribution is 5.97. The van der Waals surface area contributed by atoms with Crippen LogP contribution in [0.1, 0.15) is 25.1 Å². The van der Waals surface area contributed by atoms with Gasteiger partial charge in [-0.15, -0.1) is 0 Å². The van der Waals surface area contributed by atoms with Crippen molar-refractivity contribution in [3.8, 4) is 0 Å². The predicted molar refractivity (Wildman–Crippen MR) is 44.2 cm³/mol. The Balaban J connectivity index is 2.31. The standard InChI is InChI=1S/C8H9N3O3/c1-2-11-7(9-4-10-11)5-3-6(12)14-8(5)13/h4-5H,2-3H2,1H3. The van der Waals surface area contributed by atoms with Gasteiger partial charge in [0.25, 0.3) is 0 Å². The van der Waals surface area contributed by atoms with Crippen LogP contribution in [-0.4, -0.2) is 26.7 Å². The fourth-order valence-corrected chi connectivity index (χ4v) is 1.46. The number of hydrogen-bond acceptors (Lipinski definition) is 5. The summed E-state index contributed by atoms with van der Waals surface area (Å²) in [7, 11) is 0. The zero-order chi connectivity index (χ0) is 10.1. The van der Waals surface area contributed by atoms with Crippen LogP contribution in [0.3, 0.4) is 0 Å². The Labute approximate surface area is 79.9 Å². The van der Waals surface area contributed by atoms with Crippen LogP contribution >= 0.6 is 0 Å². The highest BCUT2D eigenvalue weighted by atomic mass is 16.6. The lowest BCUT2D eigenvalue weighted by atomic mass is 10.1. The van der Waals surface area contributed by atoms with E-state index in [0.29, 0.717) is 12.4 Å². The van der Waals surface area contributed by atoms with E-state index in [1.165, 1.54) is 6.33 Å². The van der Waals surface area contributed by atoms with E-state index in [1.54, 1.807) is 4.68 Å². The van der Waals surface area contributed by atoms with Gasteiger partial charge in [0.1, 0.15) is 18.1 Å². The molecule has 1 aromatic rings. The van der Waals surface area contributed by atoms with Gasteiger partial charge in [-0.1, -0.05) is 0 Å². The molecule has 0 saturated carbocycles. The van der Waals surface area contributed by atoms with E-state index in [4.69, 9.17) is 0 Å². The van der Waals surface area contributed by atoms with Crippen molar-refractivity contribution >= 4 is 11.9 Å². The van der Waals surface area contributed by atoms with Crippen LogP contribution in [0.15, 0.2) is 6.33 Å². The van der Waals surface area contributed by atoms with Gasteiger partial charge in [0, 0.05) is 6.54 Å². The second-order valence-electron chi connectivity index (χ2n) is 2.98. The van der Waals surface area contributed by atoms with Crippen molar-refractivity contribution in [3.05, 3.63) is 12.2 Å². The molecule has 1 fully saturated rings. The summed E-state index contributed by atoms with van der Waals surface area (Å²) in [6.45, 7) is 2.51. The zero-order valence-corrected chi connectivity index (χ0v) is 7.64. The number of nitrogens with zero attached hydrogens (tertiary/aromatic N) is 3. The lowest BCUT2D eigenvalue weighted by Gasteiger charge is -2.04. The first-order chi connectivity index (χ1) is 6.72. The third-order valence-electron chi connectivity index (χ3n) is 2.13. The van der Waals surface area contributed by atoms with Gasteiger partial charge in [-0.05, 0) is 6.92 Å². The molecule has 6 heteroatoms. The van der Waals surface area contributed by atoms with Crippen LogP contribution in [0, 0.1) is 0 Å². The van der Waals surface area contributed by atoms with Gasteiger partial charge in [-0.3, -0.25) is 9.59 Å². The van der Waals surface area contributed by atoms with Gasteiger partial charge in [-0.2, -0.15) is 5.10 Å². The molecule has 0 radical (unpaired) electrons. The third-order valence-corrected chi connectivity index (χ3v) is 2.13. The fraction of sp³-hybridized carbons (Fsp3) is 0.500. The Morgan fingerprint density at radius 3 is 3.00 bits per heavy atom. The van der Waals surface area contributed by atoms with E-state index < -0.39 is 17.9 Å². The van der Waals surface area contributed by atoms with E-state index in [0.717, 1.165) is 0 Å². The smallest absolute Gasteiger partial charge is 0.324 e. The number of carbonyl (C=O) groups is 2. The molecule has 1 saturated heterocycles. The van der Waals surface area contributed by atoms with Crippen LogP contribution in [0.5, 0.6) is 0 Å². The average molecular weight is 195 g/mol. The predicted octanol–water partition coefficient (Wildman–Crippen LogP) is -0.145. The van der Waals surface area contributed by atoms with Crippen molar-refractivity contribution < 1.29 is 14.3 Å². The number of aromatic nitrogens is 3. The number of cyclic esters (lactones) is 2. The maximum atomic E-state index is 11.2. The first-order valence-electron chi connectivity index (χ1n) is 4.34. The second-order valence-corrected chi connectivity index (χ2v) is 2.98. The van der Waals surface area contributed by atoms with Gasteiger partial charge in [0.15, 0.2) is 0 Å². The monoisotopic (exact) mass is 195 g/mol. The topological polar surface area (TPSA) is 74.1 Å². The zero-order valence-electron chi connectivity index (χ0n) is 7.64. The second kappa shape index (κ2) is 3.21. The molecule has 0 bridgehead atoms. The molecule has 1 aromatic heterocycles. The molecule has 1 atom stereocenters. The molecular weight excluding hydrogens is 186 g/mol. The lowest BCUT2D eigenvalue weighted by Crippen LogP contribution is -2.13. The molecule has 6 nitrogen and oxygen atoms in total. The molecular formula is C8H9N3O3. The van der Waals surface area contributed by atoms with Crippen molar-refractivity contribution in [1.82, 2.24) is 14.8 Å². The minimum Gasteiger partial charge on any atom is -0.393 e. The van der Waals surface area contributed by atoms with Crippen molar-refractivity contribution in [2.24, 2.45) is 0 Å². The minimum absolute atomic E-state index is 0.0670. The molecule has 0 N–H and O–H groups in total. The molecule has 74 valence electrons. The molecule has 0 amide bonds. The summed E-state index contributed by atoms with van der Waals surface area (Å²) in [5.74, 6) is -1.10. The fourth-order valence-electron chi connectivity index (χ4n) is 1.46. The van der Waals surface area contributed by atoms with Crippen molar-refractivity contribution in [1.29, 1.82) is 0 Å². The molecule has 1 aliphatic heterocycles. The number of esters is 2. The quantitative estimate of drug-likeness (QED) is 0.484. The molecule has 1 unspecified atom stereocenters. The van der Waals surface area contributed by atoms with Crippen LogP contribution in [-0.2, 0) is 20.9 Å². The summed E-state index contributed by atoms with van der Waals surface area (Å²) in [6, 6.07) is 0. The highest BCUT2D eigenvalue weighted by Gasteiger charge is 2.37. The summed E-state index contributed by atoms with van der Waals surface area (Å²) in [6.07, 6.45) is 1.44. The number of ether oxygens (including phenoxy) is 1. The van der Waals surface area contributed by atoms with Crippen molar-refractivity contribution in [2.45, 2.75) is 25.8 Å². The van der Waals surface area contributed by atoms with Crippen molar-refractivity contribution in [2.75, 3.05) is 0 Å². The number of rotatable bonds is 2. The van der Waals surface area contributed by atoms with E-state index in [9.17, 15) is 9.59 Å². The number of carbonyl (C=O) groups excluding carboxylic acids is 2. The summed E-state index contributed by atoms with van der Waals surface area (Å²) in [4.78, 5) is 26.0. The molecule has 0 aromatic carbocycles. The molecule has 0 aliphatic carbocycles. The largest absolute Gasteiger partial charge is 0.393 e. The van der Waals surface area contributed by atoms with Crippen LogP contribution < -0.4 is 0 Å². The first kappa shape index (κ1) is 8.86. The average Bonchev–Trinajstić information content (AvgIpc) is 2.71. The van der Waals surface area contributed by atoms with Crippen LogP contribution in [0.2, 0.25) is 0 Å². The molecule has 2 rings (SSSR count). The van der Waals surface area contributed by atoms with Crippen LogP contribution in [0.4, 0.5) is 0 Å². The van der Waals surface area contributed by atoms with E-state index in [-0.39, 0.29) is 6.42 Å². The Morgan fingerprint density at radius 2 is 2.43 bits per heavy atom. The van der Waals surface area contributed by atoms with Gasteiger partial charge >= 0.3 is 11.9 Å². The minimum atomic E-state index is -0.579. The first-order valence-corrected chi connectivity index (χ1v) is 4.34. The highest BCUT2D eigenvalue weighted by Crippen LogP contribution is 2.25. The summed E-state index contributed by atoms with van der Waals surface area (Å²) in [5.41, 5.74) is 0. The maximum Gasteiger partial charge on any atom is 0.324 e. The van der Waals surface area contributed by atoms with E-state index in [2.05, 4.69) is 14.8 Å². The Morgan fingerprint density at radius 1 is 1.64 bits per heavy atom. The van der Waals surface area contributed by atoms with Gasteiger partial charge in [0.05, 0.1) is 6.42 Å². The summed E-state index contributed by atoms with van der Waals surface area (Å²) >= 11 is 0. The summed E-state index contributed by atoms with van der Waals surface area (Å²) < 4.78 is 6.03. The SMILES string of the molecule is CCn1ncnc1C1CC(=O)OC1=O. The molecule has 0 spiro atoms.